The van der Waals surface area contributed by atoms with Crippen LogP contribution in [0.25, 0.3) is 6.08 Å². The van der Waals surface area contributed by atoms with Gasteiger partial charge in [-0.15, -0.1) is 0 Å². The first kappa shape index (κ1) is 19.9. The van der Waals surface area contributed by atoms with E-state index in [-0.39, 0.29) is 16.5 Å². The van der Waals surface area contributed by atoms with Gasteiger partial charge in [0.1, 0.15) is 5.69 Å². The Kier molecular flexibility index (Phi) is 6.13. The third-order valence-corrected chi connectivity index (χ3v) is 6.53. The van der Waals surface area contributed by atoms with Crippen LogP contribution in [0.2, 0.25) is 0 Å². The molecule has 7 nitrogen and oxygen atoms in total. The molecule has 0 N–H and O–H groups in total. The fraction of sp³-hybridized carbons (Fsp3) is 0.591. The molecule has 3 aliphatic rings. The molecule has 3 fully saturated rings. The average Bonchev–Trinajstić information content (AvgIpc) is 3.46. The van der Waals surface area contributed by atoms with Crippen molar-refractivity contribution in [3.8, 4) is 0 Å². The highest BCUT2D eigenvalue weighted by Crippen LogP contribution is 2.32. The molecule has 4 rings (SSSR count). The van der Waals surface area contributed by atoms with E-state index in [0.29, 0.717) is 17.3 Å². The number of carbonyl (C=O) groups is 1. The number of hydrogen-bond acceptors (Lipinski definition) is 5. The predicted molar refractivity (Wildman–Crippen MR) is 114 cm³/mol. The summed E-state index contributed by atoms with van der Waals surface area (Å²) in [6.45, 7) is 5.13. The smallest absolute Gasteiger partial charge is 0.293 e. The summed E-state index contributed by atoms with van der Waals surface area (Å²) in [6.07, 6.45) is 10.6. The number of carbonyl (C=O) groups excluding carboxylic acids is 1. The monoisotopic (exact) mass is 398 g/mol. The topological polar surface area (TPSA) is 69.9 Å². The highest BCUT2D eigenvalue weighted by atomic mass is 16.6. The third-order valence-electron chi connectivity index (χ3n) is 6.53. The molecule has 2 heterocycles. The molecule has 0 unspecified atom stereocenters. The number of piperazine rings is 1. The lowest BCUT2D eigenvalue weighted by Crippen LogP contribution is -2.51. The summed E-state index contributed by atoms with van der Waals surface area (Å²) in [4.78, 5) is 30.3. The van der Waals surface area contributed by atoms with Crippen LogP contribution in [0.3, 0.4) is 0 Å². The van der Waals surface area contributed by atoms with E-state index in [1.807, 2.05) is 17.0 Å². The number of anilines is 1. The Morgan fingerprint density at radius 3 is 2.34 bits per heavy atom. The largest absolute Gasteiger partial charge is 0.366 e. The zero-order chi connectivity index (χ0) is 20.2. The van der Waals surface area contributed by atoms with E-state index >= 15 is 0 Å². The molecule has 0 radical (unpaired) electrons. The molecule has 156 valence electrons. The summed E-state index contributed by atoms with van der Waals surface area (Å²) in [5.41, 5.74) is 1.49. The Bertz CT molecular complexity index is 774. The molecule has 0 atom stereocenters. The Morgan fingerprint density at radius 1 is 1.00 bits per heavy atom. The van der Waals surface area contributed by atoms with E-state index in [9.17, 15) is 14.9 Å². The zero-order valence-corrected chi connectivity index (χ0v) is 17.0. The van der Waals surface area contributed by atoms with Gasteiger partial charge in [-0.25, -0.2) is 0 Å². The molecule has 1 amide bonds. The quantitative estimate of drug-likeness (QED) is 0.432. The van der Waals surface area contributed by atoms with Crippen LogP contribution in [0.1, 0.15) is 44.1 Å². The lowest BCUT2D eigenvalue weighted by molar-refractivity contribution is -0.384. The standard InChI is InChI=1S/C22H30N4O3/c27-22(25-15-13-23(14-16-25)19-5-1-2-6-19)10-8-18-7-9-20(21(17-18)26(28)29)24-11-3-4-12-24/h7-10,17,19H,1-6,11-16H2/b10-8+. The number of nitro groups is 1. The van der Waals surface area contributed by atoms with Crippen molar-refractivity contribution in [1.82, 2.24) is 9.80 Å². The molecule has 0 bridgehead atoms. The fourth-order valence-corrected chi connectivity index (χ4v) is 4.87. The van der Waals surface area contributed by atoms with Crippen LogP contribution >= 0.6 is 0 Å². The van der Waals surface area contributed by atoms with E-state index in [4.69, 9.17) is 0 Å². The van der Waals surface area contributed by atoms with Crippen LogP contribution in [0.15, 0.2) is 24.3 Å². The molecule has 0 aromatic heterocycles. The maximum absolute atomic E-state index is 12.6. The van der Waals surface area contributed by atoms with Crippen LogP contribution < -0.4 is 4.90 Å². The molecule has 2 saturated heterocycles. The number of amides is 1. The lowest BCUT2D eigenvalue weighted by Gasteiger charge is -2.37. The number of nitrogens with zero attached hydrogens (tertiary/aromatic N) is 4. The van der Waals surface area contributed by atoms with Crippen molar-refractivity contribution < 1.29 is 9.72 Å². The molecule has 1 saturated carbocycles. The molecule has 7 heteroatoms. The van der Waals surface area contributed by atoms with Crippen molar-refractivity contribution in [3.63, 3.8) is 0 Å². The first-order valence-corrected chi connectivity index (χ1v) is 10.9. The van der Waals surface area contributed by atoms with Crippen LogP contribution in [-0.2, 0) is 4.79 Å². The molecule has 2 aliphatic heterocycles. The second-order valence-electron chi connectivity index (χ2n) is 8.33. The van der Waals surface area contributed by atoms with Gasteiger partial charge in [-0.3, -0.25) is 19.8 Å². The molecule has 1 aliphatic carbocycles. The maximum atomic E-state index is 12.6. The Morgan fingerprint density at radius 2 is 1.69 bits per heavy atom. The van der Waals surface area contributed by atoms with Crippen LogP contribution in [0, 0.1) is 10.1 Å². The van der Waals surface area contributed by atoms with Gasteiger partial charge in [0, 0.05) is 57.5 Å². The SMILES string of the molecule is O=C(/C=C/c1ccc(N2CCCC2)c([N+](=O)[O-])c1)N1CCN(C2CCCC2)CC1. The van der Waals surface area contributed by atoms with E-state index < -0.39 is 0 Å². The number of benzene rings is 1. The minimum absolute atomic E-state index is 0.0117. The summed E-state index contributed by atoms with van der Waals surface area (Å²) < 4.78 is 0. The van der Waals surface area contributed by atoms with E-state index in [0.717, 1.165) is 52.1 Å². The minimum Gasteiger partial charge on any atom is -0.366 e. The minimum atomic E-state index is -0.324. The van der Waals surface area contributed by atoms with Gasteiger partial charge in [-0.05, 0) is 43.4 Å². The van der Waals surface area contributed by atoms with Crippen molar-refractivity contribution in [2.75, 3.05) is 44.2 Å². The molecular formula is C22H30N4O3. The van der Waals surface area contributed by atoms with Gasteiger partial charge < -0.3 is 9.80 Å². The highest BCUT2D eigenvalue weighted by Gasteiger charge is 2.27. The van der Waals surface area contributed by atoms with Crippen molar-refractivity contribution in [2.24, 2.45) is 0 Å². The van der Waals surface area contributed by atoms with Crippen LogP contribution in [-0.4, -0.2) is 65.9 Å². The average molecular weight is 399 g/mol. The van der Waals surface area contributed by atoms with Crippen LogP contribution in [0.5, 0.6) is 0 Å². The third kappa shape index (κ3) is 4.61. The van der Waals surface area contributed by atoms with Crippen molar-refractivity contribution in [1.29, 1.82) is 0 Å². The zero-order valence-electron chi connectivity index (χ0n) is 17.0. The summed E-state index contributed by atoms with van der Waals surface area (Å²) in [5, 5.41) is 11.5. The highest BCUT2D eigenvalue weighted by molar-refractivity contribution is 5.92. The molecule has 1 aromatic carbocycles. The van der Waals surface area contributed by atoms with Crippen molar-refractivity contribution >= 4 is 23.4 Å². The summed E-state index contributed by atoms with van der Waals surface area (Å²) in [5.74, 6) is -0.0117. The molecule has 0 spiro atoms. The summed E-state index contributed by atoms with van der Waals surface area (Å²) in [6, 6.07) is 5.96. The van der Waals surface area contributed by atoms with Crippen molar-refractivity contribution in [2.45, 2.75) is 44.6 Å². The lowest BCUT2D eigenvalue weighted by atomic mass is 10.1. The first-order valence-electron chi connectivity index (χ1n) is 10.9. The van der Waals surface area contributed by atoms with E-state index in [1.165, 1.54) is 25.7 Å². The number of rotatable bonds is 5. The van der Waals surface area contributed by atoms with Crippen molar-refractivity contribution in [3.05, 3.63) is 40.0 Å². The summed E-state index contributed by atoms with van der Waals surface area (Å²) in [7, 11) is 0. The van der Waals surface area contributed by atoms with E-state index in [1.54, 1.807) is 18.2 Å². The number of nitro benzene ring substituents is 1. The maximum Gasteiger partial charge on any atom is 0.293 e. The second kappa shape index (κ2) is 8.95. The second-order valence-corrected chi connectivity index (χ2v) is 8.33. The predicted octanol–water partition coefficient (Wildman–Crippen LogP) is 3.30. The molecule has 29 heavy (non-hydrogen) atoms. The Labute approximate surface area is 172 Å². The van der Waals surface area contributed by atoms with Gasteiger partial charge in [-0.1, -0.05) is 18.9 Å². The van der Waals surface area contributed by atoms with Crippen LogP contribution in [0.4, 0.5) is 11.4 Å². The molecular weight excluding hydrogens is 368 g/mol. The van der Waals surface area contributed by atoms with Gasteiger partial charge in [0.15, 0.2) is 0 Å². The van der Waals surface area contributed by atoms with Gasteiger partial charge in [0.05, 0.1) is 4.92 Å². The molecule has 1 aromatic rings. The Hall–Kier alpha value is -2.41. The van der Waals surface area contributed by atoms with Gasteiger partial charge >= 0.3 is 0 Å². The number of hydrogen-bond donors (Lipinski definition) is 0. The normalized spacial score (nSPS) is 21.4. The summed E-state index contributed by atoms with van der Waals surface area (Å²) >= 11 is 0. The fourth-order valence-electron chi connectivity index (χ4n) is 4.87. The van der Waals surface area contributed by atoms with E-state index in [2.05, 4.69) is 9.80 Å². The van der Waals surface area contributed by atoms with Gasteiger partial charge in [-0.2, -0.15) is 0 Å². The van der Waals surface area contributed by atoms with Gasteiger partial charge in [0.25, 0.3) is 5.69 Å². The first-order chi connectivity index (χ1) is 14.1. The van der Waals surface area contributed by atoms with Gasteiger partial charge in [0.2, 0.25) is 5.91 Å². The Balaban J connectivity index is 1.37.